The third kappa shape index (κ3) is 2.76. The van der Waals surface area contributed by atoms with Crippen molar-refractivity contribution in [2.75, 3.05) is 10.7 Å². The summed E-state index contributed by atoms with van der Waals surface area (Å²) >= 11 is 0. The maximum Gasteiger partial charge on any atom is 0.148 e. The summed E-state index contributed by atoms with van der Waals surface area (Å²) in [5.74, 6) is 5.47. The van der Waals surface area contributed by atoms with Crippen LogP contribution in [0.15, 0.2) is 18.2 Å². The van der Waals surface area contributed by atoms with E-state index in [1.54, 1.807) is 13.8 Å². The molecule has 19 heavy (non-hydrogen) atoms. The van der Waals surface area contributed by atoms with Gasteiger partial charge in [-0.05, 0) is 26.0 Å². The number of hydrogen-bond acceptors (Lipinski definition) is 5. The molecule has 1 aromatic heterocycles. The largest absolute Gasteiger partial charge is 0.337 e. The van der Waals surface area contributed by atoms with Gasteiger partial charge in [0.25, 0.3) is 0 Å². The van der Waals surface area contributed by atoms with Gasteiger partial charge in [-0.15, -0.1) is 0 Å². The van der Waals surface area contributed by atoms with E-state index >= 15 is 0 Å². The van der Waals surface area contributed by atoms with Crippen molar-refractivity contribution < 1.29 is 8.78 Å². The minimum atomic E-state index is -0.570. The Hall–Kier alpha value is -2.28. The lowest BCUT2D eigenvalue weighted by atomic mass is 10.2. The van der Waals surface area contributed by atoms with E-state index in [1.165, 1.54) is 0 Å². The molecule has 0 aliphatic heterocycles. The van der Waals surface area contributed by atoms with Crippen LogP contribution in [0.5, 0.6) is 0 Å². The molecule has 0 radical (unpaired) electrons. The molecule has 0 spiro atoms. The van der Waals surface area contributed by atoms with Crippen molar-refractivity contribution in [1.29, 1.82) is 0 Å². The van der Waals surface area contributed by atoms with Gasteiger partial charge in [0.1, 0.15) is 29.1 Å². The lowest BCUT2D eigenvalue weighted by Crippen LogP contribution is -2.13. The second-order valence-electron chi connectivity index (χ2n) is 3.99. The summed E-state index contributed by atoms with van der Waals surface area (Å²) < 4.78 is 26.7. The molecule has 4 N–H and O–H groups in total. The highest BCUT2D eigenvalue weighted by atomic mass is 19.1. The predicted molar refractivity (Wildman–Crippen MR) is 69.0 cm³/mol. The molecule has 7 heteroatoms. The average molecular weight is 265 g/mol. The number of anilines is 3. The molecule has 0 atom stereocenters. The second-order valence-corrected chi connectivity index (χ2v) is 3.99. The highest BCUT2D eigenvalue weighted by molar-refractivity contribution is 5.64. The summed E-state index contributed by atoms with van der Waals surface area (Å²) in [7, 11) is 0. The van der Waals surface area contributed by atoms with Gasteiger partial charge in [0, 0.05) is 11.6 Å². The van der Waals surface area contributed by atoms with Crippen molar-refractivity contribution in [3.8, 4) is 0 Å². The minimum absolute atomic E-state index is 0.00386. The molecule has 5 nitrogen and oxygen atoms in total. The predicted octanol–water partition coefficient (Wildman–Crippen LogP) is 2.40. The summed E-state index contributed by atoms with van der Waals surface area (Å²) in [5.41, 5.74) is 3.04. The Morgan fingerprint density at radius 3 is 2.47 bits per heavy atom. The molecule has 0 unspecified atom stereocenters. The molecule has 2 aromatic rings. The zero-order valence-corrected chi connectivity index (χ0v) is 10.5. The van der Waals surface area contributed by atoms with Crippen LogP contribution in [0.4, 0.5) is 26.1 Å². The first kappa shape index (κ1) is 13.2. The summed E-state index contributed by atoms with van der Waals surface area (Å²) in [4.78, 5) is 8.22. The number of hydrogen-bond donors (Lipinski definition) is 3. The van der Waals surface area contributed by atoms with E-state index in [0.717, 1.165) is 18.2 Å². The molecule has 1 heterocycles. The Morgan fingerprint density at radius 2 is 1.79 bits per heavy atom. The molecule has 0 saturated heterocycles. The zero-order valence-electron chi connectivity index (χ0n) is 10.5. The zero-order chi connectivity index (χ0) is 14.0. The van der Waals surface area contributed by atoms with Crippen LogP contribution >= 0.6 is 0 Å². The molecule has 0 aliphatic rings. The third-order valence-corrected chi connectivity index (χ3v) is 2.58. The van der Waals surface area contributed by atoms with Crippen molar-refractivity contribution in [1.82, 2.24) is 9.97 Å². The number of halogens is 2. The lowest BCUT2D eigenvalue weighted by Gasteiger charge is -2.13. The number of nitrogen functional groups attached to an aromatic ring is 1. The van der Waals surface area contributed by atoms with Gasteiger partial charge >= 0.3 is 0 Å². The normalized spacial score (nSPS) is 10.4. The number of nitrogens with two attached hydrogens (primary N) is 1. The molecule has 100 valence electrons. The molecule has 0 fully saturated rings. The van der Waals surface area contributed by atoms with E-state index in [0.29, 0.717) is 23.0 Å². The van der Waals surface area contributed by atoms with E-state index in [-0.39, 0.29) is 5.69 Å². The lowest BCUT2D eigenvalue weighted by molar-refractivity contribution is 0.603. The van der Waals surface area contributed by atoms with Crippen LogP contribution in [0.1, 0.15) is 11.4 Å². The third-order valence-electron chi connectivity index (χ3n) is 2.58. The van der Waals surface area contributed by atoms with Crippen molar-refractivity contribution in [3.63, 3.8) is 0 Å². The average Bonchev–Trinajstić information content (AvgIpc) is 2.37. The Labute approximate surface area is 108 Å². The maximum absolute atomic E-state index is 13.6. The Bertz CT molecular complexity index is 615. The van der Waals surface area contributed by atoms with Crippen LogP contribution in [-0.4, -0.2) is 9.97 Å². The van der Waals surface area contributed by atoms with E-state index in [9.17, 15) is 8.78 Å². The van der Waals surface area contributed by atoms with Gasteiger partial charge in [-0.3, -0.25) is 0 Å². The first-order chi connectivity index (χ1) is 9.01. The number of aryl methyl sites for hydroxylation is 1. The van der Waals surface area contributed by atoms with E-state index in [2.05, 4.69) is 20.7 Å². The molecule has 1 aromatic carbocycles. The van der Waals surface area contributed by atoms with Gasteiger partial charge in [-0.25, -0.2) is 24.6 Å². The van der Waals surface area contributed by atoms with Gasteiger partial charge in [0.2, 0.25) is 0 Å². The highest BCUT2D eigenvalue weighted by Gasteiger charge is 2.11. The van der Waals surface area contributed by atoms with Gasteiger partial charge in [0.05, 0.1) is 5.69 Å². The van der Waals surface area contributed by atoms with Crippen molar-refractivity contribution >= 4 is 17.3 Å². The van der Waals surface area contributed by atoms with Crippen LogP contribution in [0.2, 0.25) is 0 Å². The smallest absolute Gasteiger partial charge is 0.148 e. The number of hydrazine groups is 1. The van der Waals surface area contributed by atoms with Crippen LogP contribution in [-0.2, 0) is 0 Å². The van der Waals surface area contributed by atoms with Gasteiger partial charge < -0.3 is 10.7 Å². The summed E-state index contributed by atoms with van der Waals surface area (Å²) in [5, 5.41) is 2.74. The Balaban J connectivity index is 2.43. The summed E-state index contributed by atoms with van der Waals surface area (Å²) in [6, 6.07) is 3.15. The van der Waals surface area contributed by atoms with Gasteiger partial charge in [0.15, 0.2) is 0 Å². The molecule has 0 saturated carbocycles. The number of nitrogens with one attached hydrogen (secondary N) is 2. The van der Waals surface area contributed by atoms with Crippen molar-refractivity contribution in [3.05, 3.63) is 41.2 Å². The number of nitrogens with zero attached hydrogens (tertiary/aromatic N) is 2. The fourth-order valence-corrected chi connectivity index (χ4v) is 1.61. The second kappa shape index (κ2) is 5.15. The van der Waals surface area contributed by atoms with Gasteiger partial charge in [-0.1, -0.05) is 0 Å². The minimum Gasteiger partial charge on any atom is -0.337 e. The number of rotatable bonds is 3. The fraction of sp³-hybridized carbons (Fsp3) is 0.167. The Kier molecular flexibility index (Phi) is 3.57. The van der Waals surface area contributed by atoms with Crippen LogP contribution < -0.4 is 16.6 Å². The van der Waals surface area contributed by atoms with Gasteiger partial charge in [-0.2, -0.15) is 0 Å². The fourth-order valence-electron chi connectivity index (χ4n) is 1.61. The first-order valence-corrected chi connectivity index (χ1v) is 5.55. The van der Waals surface area contributed by atoms with Crippen LogP contribution in [0.25, 0.3) is 0 Å². The quantitative estimate of drug-likeness (QED) is 0.587. The first-order valence-electron chi connectivity index (χ1n) is 5.55. The molecule has 0 bridgehead atoms. The van der Waals surface area contributed by atoms with E-state index in [1.807, 2.05) is 0 Å². The summed E-state index contributed by atoms with van der Waals surface area (Å²) in [6.07, 6.45) is 0. The molecular weight excluding hydrogens is 252 g/mol. The van der Waals surface area contributed by atoms with E-state index in [4.69, 9.17) is 5.84 Å². The number of aromatic nitrogens is 2. The summed E-state index contributed by atoms with van der Waals surface area (Å²) in [6.45, 7) is 3.39. The highest BCUT2D eigenvalue weighted by Crippen LogP contribution is 2.25. The monoisotopic (exact) mass is 265 g/mol. The van der Waals surface area contributed by atoms with Crippen LogP contribution in [0, 0.1) is 25.5 Å². The Morgan fingerprint density at radius 1 is 1.11 bits per heavy atom. The molecular formula is C12H13F2N5. The van der Waals surface area contributed by atoms with Crippen LogP contribution in [0.3, 0.4) is 0 Å². The molecule has 0 amide bonds. The maximum atomic E-state index is 13.6. The molecule has 2 rings (SSSR count). The topological polar surface area (TPSA) is 75.9 Å². The standard InChI is InChI=1S/C12H13F2N5/c1-6-11(16-7(2)17-12(6)19-15)18-10-5-8(13)3-4-9(10)14/h3-5H,15H2,1-2H3,(H2,16,17,18,19). The SMILES string of the molecule is Cc1nc(NN)c(C)c(Nc2cc(F)ccc2F)n1. The van der Waals surface area contributed by atoms with E-state index < -0.39 is 11.6 Å². The van der Waals surface area contributed by atoms with Crippen molar-refractivity contribution in [2.45, 2.75) is 13.8 Å². The van der Waals surface area contributed by atoms with Crippen molar-refractivity contribution in [2.24, 2.45) is 5.84 Å². The molecule has 0 aliphatic carbocycles. The number of benzene rings is 1.